The van der Waals surface area contributed by atoms with E-state index in [9.17, 15) is 29.8 Å². The predicted molar refractivity (Wildman–Crippen MR) is 71.4 cm³/mol. The molecule has 1 aromatic rings. The van der Waals surface area contributed by atoms with Crippen LogP contribution in [0, 0.1) is 10.1 Å². The molecule has 0 radical (unpaired) electrons. The summed E-state index contributed by atoms with van der Waals surface area (Å²) < 4.78 is 23.0. The van der Waals surface area contributed by atoms with Crippen molar-refractivity contribution in [3.8, 4) is 5.75 Å². The first-order valence-corrected chi connectivity index (χ1v) is 6.59. The lowest BCUT2D eigenvalue weighted by Crippen LogP contribution is -2.59. The summed E-state index contributed by atoms with van der Waals surface area (Å²) in [6.07, 6.45) is -7.79. The Morgan fingerprint density at radius 1 is 1.32 bits per heavy atom. The number of rotatable bonds is 4. The Morgan fingerprint density at radius 2 is 2.00 bits per heavy atom. The van der Waals surface area contributed by atoms with Crippen molar-refractivity contribution in [3.63, 3.8) is 0 Å². The van der Waals surface area contributed by atoms with Crippen LogP contribution in [0.2, 0.25) is 5.02 Å². The van der Waals surface area contributed by atoms with Crippen LogP contribution in [-0.2, 0) is 4.74 Å². The maximum Gasteiger partial charge on any atom is 0.271 e. The quantitative estimate of drug-likeness (QED) is 0.537. The van der Waals surface area contributed by atoms with Crippen molar-refractivity contribution in [3.05, 3.63) is 33.3 Å². The Balaban J connectivity index is 2.17. The second-order valence-corrected chi connectivity index (χ2v) is 5.07. The first-order valence-electron chi connectivity index (χ1n) is 6.21. The van der Waals surface area contributed by atoms with Gasteiger partial charge in [0.1, 0.15) is 36.8 Å². The molecule has 10 heteroatoms. The molecule has 1 aliphatic rings. The number of non-ortho nitro benzene ring substituents is 1. The van der Waals surface area contributed by atoms with Crippen LogP contribution in [0.3, 0.4) is 0 Å². The average Bonchev–Trinajstić information content (AvgIpc) is 2.49. The Labute approximate surface area is 128 Å². The van der Waals surface area contributed by atoms with Crippen LogP contribution >= 0.6 is 11.6 Å². The molecule has 0 amide bonds. The fourth-order valence-corrected chi connectivity index (χ4v) is 2.18. The number of nitrogens with zero attached hydrogens (tertiary/aromatic N) is 1. The van der Waals surface area contributed by atoms with Crippen LogP contribution in [0.15, 0.2) is 18.2 Å². The molecule has 22 heavy (non-hydrogen) atoms. The number of alkyl halides is 1. The standard InChI is InChI=1S/C12H13ClFNO7/c13-6-3-5(15(19)20)1-2-7(6)21-12-11(18)10(17)9(16)8(4-14)22-12/h1-3,8-12,16-18H,4H2/t8-,9-,10+,11-,12-/m1/s1. The number of nitro benzene ring substituents is 1. The second kappa shape index (κ2) is 6.71. The van der Waals surface area contributed by atoms with Gasteiger partial charge in [-0.25, -0.2) is 4.39 Å². The van der Waals surface area contributed by atoms with Crippen molar-refractivity contribution >= 4 is 17.3 Å². The third-order valence-electron chi connectivity index (χ3n) is 3.19. The van der Waals surface area contributed by atoms with Crippen LogP contribution in [-0.4, -0.2) is 57.6 Å². The van der Waals surface area contributed by atoms with Gasteiger partial charge in [-0.2, -0.15) is 0 Å². The van der Waals surface area contributed by atoms with E-state index in [4.69, 9.17) is 21.1 Å². The van der Waals surface area contributed by atoms with E-state index in [-0.39, 0.29) is 16.5 Å². The molecule has 1 aliphatic heterocycles. The molecular weight excluding hydrogens is 325 g/mol. The van der Waals surface area contributed by atoms with E-state index in [1.54, 1.807) is 0 Å². The molecule has 1 aromatic carbocycles. The number of halogens is 2. The zero-order chi connectivity index (χ0) is 16.4. The summed E-state index contributed by atoms with van der Waals surface area (Å²) in [6, 6.07) is 3.33. The molecule has 122 valence electrons. The molecule has 2 rings (SSSR count). The Morgan fingerprint density at radius 3 is 2.55 bits per heavy atom. The van der Waals surface area contributed by atoms with Gasteiger partial charge < -0.3 is 24.8 Å². The summed E-state index contributed by atoms with van der Waals surface area (Å²) >= 11 is 5.82. The number of aliphatic hydroxyl groups excluding tert-OH is 3. The summed E-state index contributed by atoms with van der Waals surface area (Å²) in [7, 11) is 0. The van der Waals surface area contributed by atoms with Crippen molar-refractivity contribution in [1.29, 1.82) is 0 Å². The monoisotopic (exact) mass is 337 g/mol. The third-order valence-corrected chi connectivity index (χ3v) is 3.49. The van der Waals surface area contributed by atoms with Gasteiger partial charge in [-0.1, -0.05) is 11.6 Å². The first kappa shape index (κ1) is 16.8. The topological polar surface area (TPSA) is 122 Å². The van der Waals surface area contributed by atoms with E-state index in [2.05, 4.69) is 0 Å². The summed E-state index contributed by atoms with van der Waals surface area (Å²) in [5.74, 6) is -0.0579. The number of aliphatic hydroxyl groups is 3. The molecule has 0 aromatic heterocycles. The highest BCUT2D eigenvalue weighted by molar-refractivity contribution is 6.32. The third kappa shape index (κ3) is 3.28. The molecule has 5 atom stereocenters. The number of hydrogen-bond acceptors (Lipinski definition) is 7. The van der Waals surface area contributed by atoms with Gasteiger partial charge in [0.05, 0.1) is 9.95 Å². The predicted octanol–water partition coefficient (Wildman–Crippen LogP) is 0.404. The fourth-order valence-electron chi connectivity index (χ4n) is 1.97. The molecule has 0 bridgehead atoms. The van der Waals surface area contributed by atoms with Crippen LogP contribution in [0.5, 0.6) is 5.75 Å². The van der Waals surface area contributed by atoms with Gasteiger partial charge in [0.15, 0.2) is 0 Å². The van der Waals surface area contributed by atoms with Gasteiger partial charge in [0.25, 0.3) is 5.69 Å². The van der Waals surface area contributed by atoms with Gasteiger partial charge in [0.2, 0.25) is 6.29 Å². The molecule has 0 unspecified atom stereocenters. The molecule has 1 heterocycles. The Bertz CT molecular complexity index is 558. The van der Waals surface area contributed by atoms with Crippen molar-refractivity contribution < 1.29 is 34.1 Å². The van der Waals surface area contributed by atoms with Gasteiger partial charge in [-0.15, -0.1) is 0 Å². The van der Waals surface area contributed by atoms with Gasteiger partial charge >= 0.3 is 0 Å². The molecule has 1 saturated heterocycles. The average molecular weight is 338 g/mol. The van der Waals surface area contributed by atoms with Crippen molar-refractivity contribution in [2.45, 2.75) is 30.7 Å². The summed E-state index contributed by atoms with van der Waals surface area (Å²) in [6.45, 7) is -1.10. The number of ether oxygens (including phenoxy) is 2. The summed E-state index contributed by atoms with van der Waals surface area (Å²) in [4.78, 5) is 9.95. The minimum absolute atomic E-state index is 0.0579. The van der Waals surface area contributed by atoms with Crippen molar-refractivity contribution in [2.75, 3.05) is 6.67 Å². The molecule has 1 fully saturated rings. The lowest BCUT2D eigenvalue weighted by Gasteiger charge is -2.39. The van der Waals surface area contributed by atoms with E-state index < -0.39 is 42.3 Å². The highest BCUT2D eigenvalue weighted by Crippen LogP contribution is 2.32. The van der Waals surface area contributed by atoms with Crippen LogP contribution < -0.4 is 4.74 Å². The molecule has 0 aliphatic carbocycles. The van der Waals surface area contributed by atoms with E-state index >= 15 is 0 Å². The lowest BCUT2D eigenvalue weighted by atomic mass is 10.00. The van der Waals surface area contributed by atoms with Gasteiger partial charge in [-0.05, 0) is 6.07 Å². The van der Waals surface area contributed by atoms with Gasteiger partial charge in [0, 0.05) is 12.1 Å². The zero-order valence-electron chi connectivity index (χ0n) is 11.0. The van der Waals surface area contributed by atoms with Gasteiger partial charge in [-0.3, -0.25) is 10.1 Å². The Hall–Kier alpha value is -1.52. The summed E-state index contributed by atoms with van der Waals surface area (Å²) in [5, 5.41) is 39.4. The van der Waals surface area contributed by atoms with Crippen LogP contribution in [0.25, 0.3) is 0 Å². The minimum atomic E-state index is -1.67. The molecule has 0 saturated carbocycles. The molecule has 8 nitrogen and oxygen atoms in total. The fraction of sp³-hybridized carbons (Fsp3) is 0.500. The van der Waals surface area contributed by atoms with E-state index in [1.165, 1.54) is 6.07 Å². The van der Waals surface area contributed by atoms with Crippen LogP contribution in [0.1, 0.15) is 0 Å². The van der Waals surface area contributed by atoms with E-state index in [0.717, 1.165) is 12.1 Å². The first-order chi connectivity index (χ1) is 10.3. The normalized spacial score (nSPS) is 31.8. The Kier molecular flexibility index (Phi) is 5.14. The van der Waals surface area contributed by atoms with Crippen LogP contribution in [0.4, 0.5) is 10.1 Å². The minimum Gasteiger partial charge on any atom is -0.460 e. The maximum absolute atomic E-state index is 12.7. The van der Waals surface area contributed by atoms with E-state index in [0.29, 0.717) is 0 Å². The highest BCUT2D eigenvalue weighted by atomic mass is 35.5. The largest absolute Gasteiger partial charge is 0.460 e. The van der Waals surface area contributed by atoms with Crippen molar-refractivity contribution in [2.24, 2.45) is 0 Å². The number of benzene rings is 1. The molecular formula is C12H13ClFNO7. The van der Waals surface area contributed by atoms with E-state index in [1.807, 2.05) is 0 Å². The smallest absolute Gasteiger partial charge is 0.271 e. The zero-order valence-corrected chi connectivity index (χ0v) is 11.8. The lowest BCUT2D eigenvalue weighted by molar-refractivity contribution is -0.384. The number of hydrogen-bond donors (Lipinski definition) is 3. The summed E-state index contributed by atoms with van der Waals surface area (Å²) in [5.41, 5.74) is -0.264. The number of nitro groups is 1. The molecule has 0 spiro atoms. The second-order valence-electron chi connectivity index (χ2n) is 4.66. The SMILES string of the molecule is O=[N+]([O-])c1ccc(O[C@@H]2O[C@H](CF)[C@@H](O)[C@H](O)[C@H]2O)c(Cl)c1. The maximum atomic E-state index is 12.7. The highest BCUT2D eigenvalue weighted by Gasteiger charge is 2.45. The van der Waals surface area contributed by atoms with Crippen molar-refractivity contribution in [1.82, 2.24) is 0 Å². The molecule has 3 N–H and O–H groups in total.